The van der Waals surface area contributed by atoms with Gasteiger partial charge in [0.25, 0.3) is 10.0 Å². The monoisotopic (exact) mass is 360 g/mol. The van der Waals surface area contributed by atoms with Gasteiger partial charge in [0.05, 0.1) is 6.33 Å². The molecule has 3 fully saturated rings. The Labute approximate surface area is 149 Å². The van der Waals surface area contributed by atoms with Gasteiger partial charge in [0.2, 0.25) is 0 Å². The maximum atomic E-state index is 13.0. The van der Waals surface area contributed by atoms with Crippen LogP contribution in [-0.4, -0.2) is 52.9 Å². The predicted octanol–water partition coefficient (Wildman–Crippen LogP) is 1.71. The van der Waals surface area contributed by atoms with Gasteiger partial charge in [0.1, 0.15) is 0 Å². The molecule has 6 nitrogen and oxygen atoms in total. The Bertz CT molecular complexity index is 834. The number of imidazole rings is 1. The number of piperidine rings is 1. The predicted molar refractivity (Wildman–Crippen MR) is 95.3 cm³/mol. The molecular weight excluding hydrogens is 336 g/mol. The number of fused-ring (bicyclic) bond motifs is 4. The van der Waals surface area contributed by atoms with Crippen molar-refractivity contribution in [3.8, 4) is 0 Å². The normalized spacial score (nSPS) is 25.2. The molecule has 3 saturated heterocycles. The molecule has 0 N–H and O–H groups in total. The smallest absolute Gasteiger partial charge is 0.262 e. The Kier molecular flexibility index (Phi) is 4.39. The maximum absolute atomic E-state index is 13.0. The first kappa shape index (κ1) is 16.8. The fourth-order valence-electron chi connectivity index (χ4n) is 4.00. The number of hydrogen-bond acceptors (Lipinski definition) is 4. The zero-order valence-corrected chi connectivity index (χ0v) is 15.3. The molecule has 2 atom stereocenters. The third kappa shape index (κ3) is 3.36. The summed E-state index contributed by atoms with van der Waals surface area (Å²) in [7, 11) is -1.72. The molecule has 1 aromatic carbocycles. The molecule has 3 aliphatic heterocycles. The molecule has 134 valence electrons. The molecule has 0 amide bonds. The van der Waals surface area contributed by atoms with Gasteiger partial charge in [0.15, 0.2) is 5.03 Å². The summed E-state index contributed by atoms with van der Waals surface area (Å²) in [4.78, 5) is 6.53. The molecule has 0 unspecified atom stereocenters. The Hall–Kier alpha value is -1.70. The van der Waals surface area contributed by atoms with Gasteiger partial charge in [0, 0.05) is 45.5 Å². The van der Waals surface area contributed by atoms with Crippen LogP contribution in [0.2, 0.25) is 0 Å². The SMILES string of the molecule is Cn1cnc(S(=O)(=O)N2C[C@@H]3CC[C@H](C2)N(Cc2ccccc2)C3)c1. The minimum atomic E-state index is -3.51. The van der Waals surface area contributed by atoms with Crippen molar-refractivity contribution in [1.29, 1.82) is 0 Å². The summed E-state index contributed by atoms with van der Waals surface area (Å²) in [6.45, 7) is 3.01. The fraction of sp³-hybridized carbons (Fsp3) is 0.500. The van der Waals surface area contributed by atoms with Crippen molar-refractivity contribution in [3.05, 3.63) is 48.4 Å². The lowest BCUT2D eigenvalue weighted by Gasteiger charge is -2.36. The molecule has 2 bridgehead atoms. The summed E-state index contributed by atoms with van der Waals surface area (Å²) in [6.07, 6.45) is 5.29. The van der Waals surface area contributed by atoms with Gasteiger partial charge in [-0.1, -0.05) is 30.3 Å². The van der Waals surface area contributed by atoms with E-state index in [0.29, 0.717) is 19.0 Å². The maximum Gasteiger partial charge on any atom is 0.262 e. The van der Waals surface area contributed by atoms with E-state index in [-0.39, 0.29) is 11.1 Å². The molecule has 7 heteroatoms. The van der Waals surface area contributed by atoms with Gasteiger partial charge in [-0.05, 0) is 24.3 Å². The van der Waals surface area contributed by atoms with E-state index in [4.69, 9.17) is 0 Å². The quantitative estimate of drug-likeness (QED) is 0.833. The molecule has 2 aromatic rings. The highest BCUT2D eigenvalue weighted by molar-refractivity contribution is 7.89. The summed E-state index contributed by atoms with van der Waals surface area (Å²) in [5, 5.41) is 0.158. The number of rotatable bonds is 4. The number of hydrogen-bond donors (Lipinski definition) is 0. The van der Waals surface area contributed by atoms with Crippen molar-refractivity contribution in [2.75, 3.05) is 19.6 Å². The summed E-state index contributed by atoms with van der Waals surface area (Å²) < 4.78 is 29.3. The molecular formula is C18H24N4O2S. The van der Waals surface area contributed by atoms with Gasteiger partial charge >= 0.3 is 0 Å². The first-order valence-corrected chi connectivity index (χ1v) is 10.2. The minimum Gasteiger partial charge on any atom is -0.339 e. The first-order valence-electron chi connectivity index (χ1n) is 8.78. The number of aromatic nitrogens is 2. The van der Waals surface area contributed by atoms with Crippen LogP contribution in [0.3, 0.4) is 0 Å². The second-order valence-electron chi connectivity index (χ2n) is 7.21. The van der Waals surface area contributed by atoms with Crippen LogP contribution in [0, 0.1) is 5.92 Å². The Morgan fingerprint density at radius 2 is 1.92 bits per heavy atom. The number of aryl methyl sites for hydroxylation is 1. The summed E-state index contributed by atoms with van der Waals surface area (Å²) in [5.74, 6) is 0.390. The van der Waals surface area contributed by atoms with Gasteiger partial charge < -0.3 is 4.57 Å². The summed E-state index contributed by atoms with van der Waals surface area (Å²) in [5.41, 5.74) is 1.29. The average Bonchev–Trinajstić information content (AvgIpc) is 2.84. The second kappa shape index (κ2) is 6.55. The zero-order valence-electron chi connectivity index (χ0n) is 14.5. The first-order chi connectivity index (χ1) is 12.0. The van der Waals surface area contributed by atoms with E-state index in [2.05, 4.69) is 34.1 Å². The van der Waals surface area contributed by atoms with E-state index in [1.54, 1.807) is 28.4 Å². The van der Waals surface area contributed by atoms with E-state index < -0.39 is 10.0 Å². The fourth-order valence-corrected chi connectivity index (χ4v) is 5.52. The highest BCUT2D eigenvalue weighted by Crippen LogP contribution is 2.31. The number of benzene rings is 1. The Morgan fingerprint density at radius 1 is 1.12 bits per heavy atom. The van der Waals surface area contributed by atoms with Crippen LogP contribution in [0.5, 0.6) is 0 Å². The lowest BCUT2D eigenvalue weighted by Crippen LogP contribution is -2.43. The van der Waals surface area contributed by atoms with Crippen LogP contribution >= 0.6 is 0 Å². The molecule has 3 aliphatic rings. The van der Waals surface area contributed by atoms with Crippen molar-refractivity contribution in [2.24, 2.45) is 13.0 Å². The summed E-state index contributed by atoms with van der Waals surface area (Å²) >= 11 is 0. The standard InChI is InChI=1S/C18H24N4O2S/c1-20-13-18(19-14-20)25(23,24)22-11-16-7-8-17(12-22)21(10-16)9-15-5-3-2-4-6-15/h2-6,13-14,16-17H,7-12H2,1H3/t16-,17-/m1/s1. The largest absolute Gasteiger partial charge is 0.339 e. The minimum absolute atomic E-state index is 0.158. The van der Waals surface area contributed by atoms with E-state index in [9.17, 15) is 8.42 Å². The van der Waals surface area contributed by atoms with Crippen molar-refractivity contribution in [3.63, 3.8) is 0 Å². The van der Waals surface area contributed by atoms with Crippen molar-refractivity contribution in [1.82, 2.24) is 18.8 Å². The lowest BCUT2D eigenvalue weighted by atomic mass is 9.94. The Morgan fingerprint density at radius 3 is 2.64 bits per heavy atom. The van der Waals surface area contributed by atoms with Crippen LogP contribution in [0.4, 0.5) is 0 Å². The van der Waals surface area contributed by atoms with Crippen LogP contribution < -0.4 is 0 Å². The van der Waals surface area contributed by atoms with Crippen LogP contribution in [0.15, 0.2) is 47.9 Å². The molecule has 25 heavy (non-hydrogen) atoms. The summed E-state index contributed by atoms with van der Waals surface area (Å²) in [6, 6.07) is 10.7. The van der Waals surface area contributed by atoms with Crippen molar-refractivity contribution < 1.29 is 8.42 Å². The molecule has 1 aromatic heterocycles. The van der Waals surface area contributed by atoms with Crippen LogP contribution in [0.1, 0.15) is 18.4 Å². The van der Waals surface area contributed by atoms with E-state index in [0.717, 1.165) is 25.9 Å². The average molecular weight is 360 g/mol. The Balaban J connectivity index is 1.55. The number of nitrogens with zero attached hydrogens (tertiary/aromatic N) is 4. The van der Waals surface area contributed by atoms with E-state index in [1.807, 2.05) is 6.07 Å². The molecule has 0 saturated carbocycles. The second-order valence-corrected chi connectivity index (χ2v) is 9.10. The van der Waals surface area contributed by atoms with Gasteiger partial charge in [-0.25, -0.2) is 13.4 Å². The third-order valence-corrected chi connectivity index (χ3v) is 7.02. The van der Waals surface area contributed by atoms with Gasteiger partial charge in [-0.15, -0.1) is 0 Å². The topological polar surface area (TPSA) is 58.4 Å². The third-order valence-electron chi connectivity index (χ3n) is 5.31. The van der Waals surface area contributed by atoms with Crippen LogP contribution in [0.25, 0.3) is 0 Å². The molecule has 0 radical (unpaired) electrons. The molecule has 0 aliphatic carbocycles. The highest BCUT2D eigenvalue weighted by Gasteiger charge is 2.40. The van der Waals surface area contributed by atoms with Crippen LogP contribution in [-0.2, 0) is 23.6 Å². The molecule has 0 spiro atoms. The molecule has 4 heterocycles. The van der Waals surface area contributed by atoms with Gasteiger partial charge in [-0.3, -0.25) is 4.90 Å². The van der Waals surface area contributed by atoms with E-state index in [1.165, 1.54) is 5.56 Å². The lowest BCUT2D eigenvalue weighted by molar-refractivity contribution is 0.125. The highest BCUT2D eigenvalue weighted by atomic mass is 32.2. The molecule has 5 rings (SSSR count). The van der Waals surface area contributed by atoms with Crippen molar-refractivity contribution >= 4 is 10.0 Å². The number of sulfonamides is 1. The van der Waals surface area contributed by atoms with Gasteiger partial charge in [-0.2, -0.15) is 4.31 Å². The van der Waals surface area contributed by atoms with E-state index >= 15 is 0 Å². The zero-order chi connectivity index (χ0) is 17.4. The van der Waals surface area contributed by atoms with Crippen molar-refractivity contribution in [2.45, 2.75) is 30.5 Å².